The molecule has 0 aliphatic carbocycles. The number of piperazine rings is 1. The monoisotopic (exact) mass is 445 g/mol. The second-order valence-electron chi connectivity index (χ2n) is 7.83. The van der Waals surface area contributed by atoms with Crippen molar-refractivity contribution in [2.24, 2.45) is 0 Å². The smallest absolute Gasteiger partial charge is 0.272 e. The van der Waals surface area contributed by atoms with Crippen LogP contribution < -0.4 is 9.64 Å². The summed E-state index contributed by atoms with van der Waals surface area (Å²) in [5.41, 5.74) is 3.73. The number of nitrogens with zero attached hydrogens (tertiary/aromatic N) is 4. The van der Waals surface area contributed by atoms with Crippen LogP contribution in [0.4, 0.5) is 5.69 Å². The predicted octanol–water partition coefficient (Wildman–Crippen LogP) is 3.01. The number of aromatic amines is 1. The van der Waals surface area contributed by atoms with Crippen molar-refractivity contribution in [3.63, 3.8) is 0 Å². The minimum atomic E-state index is -0.305. The van der Waals surface area contributed by atoms with E-state index in [0.717, 1.165) is 16.7 Å². The van der Waals surface area contributed by atoms with Gasteiger partial charge in [-0.1, -0.05) is 6.07 Å². The summed E-state index contributed by atoms with van der Waals surface area (Å²) in [5, 5.41) is 19.9. The Kier molecular flexibility index (Phi) is 5.21. The van der Waals surface area contributed by atoms with Crippen molar-refractivity contribution in [1.29, 1.82) is 0 Å². The molecule has 0 unspecified atom stereocenters. The highest BCUT2D eigenvalue weighted by atomic mass is 16.5. The molecule has 0 bridgehead atoms. The van der Waals surface area contributed by atoms with Crippen LogP contribution in [0, 0.1) is 0 Å². The number of carbonyl (C=O) groups excluding carboxylic acids is 1. The van der Waals surface area contributed by atoms with Gasteiger partial charge in [-0.05, 0) is 42.5 Å². The van der Waals surface area contributed by atoms with Crippen molar-refractivity contribution >= 4 is 22.6 Å². The number of ether oxygens (including phenoxy) is 1. The molecule has 1 aliphatic rings. The Bertz CT molecular complexity index is 1310. The molecule has 0 saturated carbocycles. The summed E-state index contributed by atoms with van der Waals surface area (Å²) in [6.07, 6.45) is 1.63. The molecule has 5 rings (SSSR count). The second-order valence-corrected chi connectivity index (χ2v) is 7.83. The van der Waals surface area contributed by atoms with E-state index in [9.17, 15) is 15.0 Å². The molecule has 2 aromatic heterocycles. The number of methoxy groups -OCH3 is 1. The number of fused-ring (bicyclic) bond motifs is 1. The van der Waals surface area contributed by atoms with Crippen molar-refractivity contribution in [2.45, 2.75) is 0 Å². The molecule has 168 valence electrons. The summed E-state index contributed by atoms with van der Waals surface area (Å²) in [6.45, 7) is 2.67. The fourth-order valence-corrected chi connectivity index (χ4v) is 4.04. The number of hydrogen-bond donors (Lipinski definition) is 3. The van der Waals surface area contributed by atoms with Gasteiger partial charge in [0.15, 0.2) is 11.5 Å². The molecule has 0 atom stereocenters. The van der Waals surface area contributed by atoms with Crippen LogP contribution in [0.15, 0.2) is 54.7 Å². The molecule has 33 heavy (non-hydrogen) atoms. The van der Waals surface area contributed by atoms with E-state index in [2.05, 4.69) is 19.9 Å². The van der Waals surface area contributed by atoms with Gasteiger partial charge in [-0.25, -0.2) is 4.98 Å². The Morgan fingerprint density at radius 1 is 1.06 bits per heavy atom. The number of hydrogen-bond acceptors (Lipinski definition) is 7. The third-order valence-electron chi connectivity index (χ3n) is 5.83. The summed E-state index contributed by atoms with van der Waals surface area (Å²) in [6, 6.07) is 14.4. The number of anilines is 1. The maximum Gasteiger partial charge on any atom is 0.272 e. The van der Waals surface area contributed by atoms with Crippen LogP contribution >= 0.6 is 0 Å². The summed E-state index contributed by atoms with van der Waals surface area (Å²) in [5.74, 6) is 0.103. The lowest BCUT2D eigenvalue weighted by Gasteiger charge is -2.36. The molecule has 3 N–H and O–H groups in total. The highest BCUT2D eigenvalue weighted by Gasteiger charge is 2.23. The van der Waals surface area contributed by atoms with Gasteiger partial charge in [-0.2, -0.15) is 0 Å². The van der Waals surface area contributed by atoms with Crippen LogP contribution in [0.5, 0.6) is 17.2 Å². The lowest BCUT2D eigenvalue weighted by Crippen LogP contribution is -2.49. The van der Waals surface area contributed by atoms with E-state index in [0.29, 0.717) is 43.3 Å². The number of phenols is 2. The average molecular weight is 445 g/mol. The Balaban J connectivity index is 1.34. The Morgan fingerprint density at radius 3 is 2.61 bits per heavy atom. The average Bonchev–Trinajstić information content (AvgIpc) is 3.29. The predicted molar refractivity (Wildman–Crippen MR) is 124 cm³/mol. The topological polar surface area (TPSA) is 115 Å². The van der Waals surface area contributed by atoms with Gasteiger partial charge in [0.1, 0.15) is 11.5 Å². The number of H-pyrrole nitrogens is 1. The number of rotatable bonds is 4. The molecular weight excluding hydrogens is 422 g/mol. The number of imidazole rings is 1. The van der Waals surface area contributed by atoms with Gasteiger partial charge in [0.05, 0.1) is 18.1 Å². The first kappa shape index (κ1) is 20.6. The number of nitrogens with one attached hydrogen (secondary N) is 1. The number of amides is 1. The van der Waals surface area contributed by atoms with Gasteiger partial charge >= 0.3 is 0 Å². The van der Waals surface area contributed by atoms with E-state index in [1.165, 1.54) is 13.2 Å². The first-order chi connectivity index (χ1) is 16.0. The number of phenolic OH excluding ortho intramolecular Hbond substituents is 2. The molecule has 9 heteroatoms. The first-order valence-corrected chi connectivity index (χ1v) is 10.6. The zero-order valence-corrected chi connectivity index (χ0v) is 18.0. The lowest BCUT2D eigenvalue weighted by atomic mass is 10.1. The third kappa shape index (κ3) is 3.89. The third-order valence-corrected chi connectivity index (χ3v) is 5.83. The molecule has 1 amide bonds. The van der Waals surface area contributed by atoms with Crippen molar-refractivity contribution in [3.05, 3.63) is 60.4 Å². The molecule has 0 spiro atoms. The van der Waals surface area contributed by atoms with Crippen LogP contribution in [-0.4, -0.2) is 69.3 Å². The number of pyridine rings is 1. The highest BCUT2D eigenvalue weighted by molar-refractivity contribution is 5.92. The maximum atomic E-state index is 12.6. The van der Waals surface area contributed by atoms with Crippen molar-refractivity contribution in [2.75, 3.05) is 38.2 Å². The summed E-state index contributed by atoms with van der Waals surface area (Å²) in [7, 11) is 1.42. The van der Waals surface area contributed by atoms with E-state index in [-0.39, 0.29) is 23.2 Å². The van der Waals surface area contributed by atoms with Crippen LogP contribution in [-0.2, 0) is 0 Å². The molecule has 1 fully saturated rings. The highest BCUT2D eigenvalue weighted by Crippen LogP contribution is 2.39. The number of carbonyl (C=O) groups is 1. The molecule has 1 aliphatic heterocycles. The van der Waals surface area contributed by atoms with E-state index < -0.39 is 0 Å². The summed E-state index contributed by atoms with van der Waals surface area (Å²) < 4.78 is 5.12. The zero-order valence-electron chi connectivity index (χ0n) is 18.0. The van der Waals surface area contributed by atoms with E-state index in [1.54, 1.807) is 24.4 Å². The van der Waals surface area contributed by atoms with Gasteiger partial charge in [-0.15, -0.1) is 0 Å². The van der Waals surface area contributed by atoms with Crippen molar-refractivity contribution in [3.8, 4) is 28.6 Å². The molecule has 4 aromatic rings. The minimum absolute atomic E-state index is 0.0449. The molecule has 9 nitrogen and oxygen atoms in total. The number of aromatic nitrogens is 3. The van der Waals surface area contributed by atoms with Gasteiger partial charge in [-0.3, -0.25) is 9.78 Å². The molecule has 1 saturated heterocycles. The quantitative estimate of drug-likeness (QED) is 0.414. The molecular formula is C24H23N5O4. The van der Waals surface area contributed by atoms with Crippen LogP contribution in [0.2, 0.25) is 0 Å². The second kappa shape index (κ2) is 8.34. The fraction of sp³-hybridized carbons (Fsp3) is 0.208. The summed E-state index contributed by atoms with van der Waals surface area (Å²) in [4.78, 5) is 28.7. The Labute approximate surface area is 189 Å². The Hall–Kier alpha value is -4.27. The molecule has 3 heterocycles. The van der Waals surface area contributed by atoms with E-state index >= 15 is 0 Å². The standard InChI is InChI=1S/C24H23N5O4/c1-33-21-13-15(12-20(30)22(21)31)23-26-17-6-5-16(14-19(17)27-23)28-8-10-29(11-9-28)24(32)18-4-2-3-7-25-18/h2-7,12-14,30-31H,8-11H2,1H3,(H,26,27). The maximum absolute atomic E-state index is 12.6. The van der Waals surface area contributed by atoms with Gasteiger partial charge in [0.25, 0.3) is 5.91 Å². The SMILES string of the molecule is COc1cc(-c2nc3ccc(N4CCN(C(=O)c5ccccn5)CC4)cc3[nH]2)cc(O)c1O. The normalized spacial score (nSPS) is 14.0. The van der Waals surface area contributed by atoms with Gasteiger partial charge < -0.3 is 29.7 Å². The van der Waals surface area contributed by atoms with Gasteiger partial charge in [0.2, 0.25) is 5.75 Å². The van der Waals surface area contributed by atoms with Crippen molar-refractivity contribution < 1.29 is 19.7 Å². The lowest BCUT2D eigenvalue weighted by molar-refractivity contribution is 0.0741. The largest absolute Gasteiger partial charge is 0.504 e. The van der Waals surface area contributed by atoms with Crippen LogP contribution in [0.25, 0.3) is 22.4 Å². The first-order valence-electron chi connectivity index (χ1n) is 10.6. The minimum Gasteiger partial charge on any atom is -0.504 e. The van der Waals surface area contributed by atoms with E-state index in [1.807, 2.05) is 29.2 Å². The molecule has 0 radical (unpaired) electrons. The Morgan fingerprint density at radius 2 is 1.88 bits per heavy atom. The zero-order chi connectivity index (χ0) is 22.9. The number of benzene rings is 2. The van der Waals surface area contributed by atoms with Crippen LogP contribution in [0.3, 0.4) is 0 Å². The fourth-order valence-electron chi connectivity index (χ4n) is 4.04. The van der Waals surface area contributed by atoms with Crippen molar-refractivity contribution in [1.82, 2.24) is 19.9 Å². The number of aromatic hydroxyl groups is 2. The summed E-state index contributed by atoms with van der Waals surface area (Å²) >= 11 is 0. The van der Waals surface area contributed by atoms with E-state index in [4.69, 9.17) is 4.74 Å². The van der Waals surface area contributed by atoms with Crippen LogP contribution in [0.1, 0.15) is 10.5 Å². The van der Waals surface area contributed by atoms with Gasteiger partial charge in [0, 0.05) is 43.6 Å². The molecule has 2 aromatic carbocycles.